The quantitative estimate of drug-likeness (QED) is 0.512. The molecule has 0 fully saturated rings. The smallest absolute Gasteiger partial charge is 0.261 e. The van der Waals surface area contributed by atoms with E-state index < -0.39 is 33.5 Å². The van der Waals surface area contributed by atoms with Crippen LogP contribution in [0.2, 0.25) is 0 Å². The van der Waals surface area contributed by atoms with Crippen molar-refractivity contribution in [2.45, 2.75) is 18.7 Å². The van der Waals surface area contributed by atoms with Gasteiger partial charge in [-0.15, -0.1) is 0 Å². The largest absolute Gasteiger partial charge is 0.324 e. The van der Waals surface area contributed by atoms with Crippen molar-refractivity contribution in [2.24, 2.45) is 0 Å². The number of halogens is 2. The van der Waals surface area contributed by atoms with E-state index in [4.69, 9.17) is 0 Å². The number of benzene rings is 3. The van der Waals surface area contributed by atoms with Gasteiger partial charge in [-0.3, -0.25) is 14.3 Å². The Hall–Kier alpha value is -3.79. The van der Waals surface area contributed by atoms with Crippen molar-refractivity contribution in [3.63, 3.8) is 0 Å². The van der Waals surface area contributed by atoms with Crippen LogP contribution in [0.3, 0.4) is 0 Å². The molecule has 3 N–H and O–H groups in total. The van der Waals surface area contributed by atoms with E-state index in [0.717, 1.165) is 18.2 Å². The Kier molecular flexibility index (Phi) is 6.54. The molecule has 0 atom stereocenters. The Morgan fingerprint density at radius 3 is 2.16 bits per heavy atom. The molecule has 3 aromatic rings. The molecule has 0 spiro atoms. The zero-order valence-corrected chi connectivity index (χ0v) is 17.9. The molecule has 2 amide bonds. The number of carbonyl (C=O) groups excluding carboxylic acids is 2. The second kappa shape index (κ2) is 9.15. The maximum Gasteiger partial charge on any atom is 0.261 e. The van der Waals surface area contributed by atoms with E-state index in [1.54, 1.807) is 6.92 Å². The molecule has 0 aliphatic rings. The molecule has 0 aromatic heterocycles. The van der Waals surface area contributed by atoms with Crippen molar-refractivity contribution in [2.75, 3.05) is 15.4 Å². The highest BCUT2D eigenvalue weighted by Gasteiger charge is 2.19. The van der Waals surface area contributed by atoms with Gasteiger partial charge in [0.15, 0.2) is 0 Å². The molecule has 0 aliphatic carbocycles. The maximum absolute atomic E-state index is 13.8. The van der Waals surface area contributed by atoms with Gasteiger partial charge in [-0.05, 0) is 67.1 Å². The number of carbonyl (C=O) groups is 2. The number of hydrogen-bond acceptors (Lipinski definition) is 4. The average molecular weight is 459 g/mol. The summed E-state index contributed by atoms with van der Waals surface area (Å²) in [4.78, 5) is 23.8. The molecule has 0 saturated heterocycles. The molecule has 0 aliphatic heterocycles. The maximum atomic E-state index is 13.8. The van der Waals surface area contributed by atoms with E-state index >= 15 is 0 Å². The van der Waals surface area contributed by atoms with E-state index in [0.29, 0.717) is 5.56 Å². The summed E-state index contributed by atoms with van der Waals surface area (Å²) in [6, 6.07) is 12.4. The first-order valence-corrected chi connectivity index (χ1v) is 10.8. The van der Waals surface area contributed by atoms with Crippen LogP contribution in [0.5, 0.6) is 0 Å². The Labute approximate surface area is 183 Å². The fraction of sp³-hybridized carbons (Fsp3) is 0.0909. The first-order chi connectivity index (χ1) is 15.0. The van der Waals surface area contributed by atoms with Gasteiger partial charge in [0.2, 0.25) is 5.91 Å². The molecule has 3 aromatic carbocycles. The molecule has 166 valence electrons. The second-order valence-electron chi connectivity index (χ2n) is 6.92. The van der Waals surface area contributed by atoms with Crippen molar-refractivity contribution in [3.05, 3.63) is 83.4 Å². The lowest BCUT2D eigenvalue weighted by atomic mass is 10.1. The van der Waals surface area contributed by atoms with E-state index in [1.165, 1.54) is 49.4 Å². The van der Waals surface area contributed by atoms with Gasteiger partial charge in [-0.25, -0.2) is 17.2 Å². The molecule has 0 unspecified atom stereocenters. The summed E-state index contributed by atoms with van der Waals surface area (Å²) >= 11 is 0. The number of nitrogens with one attached hydrogen (secondary N) is 3. The molecule has 0 saturated carbocycles. The molecule has 7 nitrogen and oxygen atoms in total. The molecule has 0 heterocycles. The van der Waals surface area contributed by atoms with Crippen LogP contribution in [0.25, 0.3) is 0 Å². The fourth-order valence-electron chi connectivity index (χ4n) is 2.83. The monoisotopic (exact) mass is 459 g/mol. The third kappa shape index (κ3) is 5.46. The number of anilines is 3. The van der Waals surface area contributed by atoms with Crippen LogP contribution in [0, 0.1) is 18.6 Å². The summed E-state index contributed by atoms with van der Waals surface area (Å²) in [5.74, 6) is -2.28. The van der Waals surface area contributed by atoms with Gasteiger partial charge in [0.05, 0.1) is 10.6 Å². The molecular formula is C22H19F2N3O4S. The highest BCUT2D eigenvalue weighted by molar-refractivity contribution is 7.92. The van der Waals surface area contributed by atoms with Crippen molar-refractivity contribution >= 4 is 38.9 Å². The fourth-order valence-corrected chi connectivity index (χ4v) is 3.92. The first-order valence-electron chi connectivity index (χ1n) is 9.33. The predicted octanol–water partition coefficient (Wildman–Crippen LogP) is 4.28. The summed E-state index contributed by atoms with van der Waals surface area (Å²) in [6.07, 6.45) is 0. The molecule has 10 heteroatoms. The third-order valence-corrected chi connectivity index (χ3v) is 5.77. The second-order valence-corrected chi connectivity index (χ2v) is 8.60. The van der Waals surface area contributed by atoms with Gasteiger partial charge in [0.1, 0.15) is 11.6 Å². The van der Waals surface area contributed by atoms with Crippen LogP contribution < -0.4 is 15.4 Å². The SMILES string of the molecule is CC(=O)Nc1cc(NC(=O)c2cc(S(=O)(=O)Nc3ccc(F)cc3)ccc2C)ccc1F. The summed E-state index contributed by atoms with van der Waals surface area (Å²) in [5, 5.41) is 4.88. The highest BCUT2D eigenvalue weighted by atomic mass is 32.2. The zero-order valence-electron chi connectivity index (χ0n) is 17.1. The lowest BCUT2D eigenvalue weighted by molar-refractivity contribution is -0.114. The molecule has 3 rings (SSSR count). The molecule has 0 radical (unpaired) electrons. The summed E-state index contributed by atoms with van der Waals surface area (Å²) < 4.78 is 54.6. The van der Waals surface area contributed by atoms with Gasteiger partial charge in [0, 0.05) is 23.9 Å². The minimum atomic E-state index is -4.05. The van der Waals surface area contributed by atoms with Crippen molar-refractivity contribution in [3.8, 4) is 0 Å². The van der Waals surface area contributed by atoms with Crippen LogP contribution in [0.15, 0.2) is 65.6 Å². The predicted molar refractivity (Wildman–Crippen MR) is 117 cm³/mol. The topological polar surface area (TPSA) is 104 Å². The number of hydrogen-bond donors (Lipinski definition) is 3. The Balaban J connectivity index is 1.86. The van der Waals surface area contributed by atoms with Gasteiger partial charge in [0.25, 0.3) is 15.9 Å². The van der Waals surface area contributed by atoms with E-state index in [-0.39, 0.29) is 27.5 Å². The van der Waals surface area contributed by atoms with Crippen molar-refractivity contribution in [1.29, 1.82) is 0 Å². The van der Waals surface area contributed by atoms with Crippen molar-refractivity contribution < 1.29 is 26.8 Å². The standard InChI is InChI=1S/C22H19F2N3O4S/c1-13-3-9-18(32(30,31)27-16-6-4-15(23)5-7-16)12-19(13)22(29)26-17-8-10-20(24)21(11-17)25-14(2)28/h3-12,27H,1-2H3,(H,25,28)(H,26,29). The normalized spacial score (nSPS) is 11.0. The van der Waals surface area contributed by atoms with Crippen LogP contribution in [0.4, 0.5) is 25.8 Å². The Bertz CT molecular complexity index is 1290. The third-order valence-electron chi connectivity index (χ3n) is 4.40. The lowest BCUT2D eigenvalue weighted by Gasteiger charge is -2.13. The molecular weight excluding hydrogens is 440 g/mol. The summed E-state index contributed by atoms with van der Waals surface area (Å²) in [6.45, 7) is 2.85. The Morgan fingerprint density at radius 1 is 0.844 bits per heavy atom. The van der Waals surface area contributed by atoms with E-state index in [9.17, 15) is 26.8 Å². The molecule has 0 bridgehead atoms. The van der Waals surface area contributed by atoms with E-state index in [2.05, 4.69) is 15.4 Å². The summed E-state index contributed by atoms with van der Waals surface area (Å²) in [5.41, 5.74) is 0.851. The van der Waals surface area contributed by atoms with Gasteiger partial charge < -0.3 is 10.6 Å². The van der Waals surface area contributed by atoms with Gasteiger partial charge in [-0.2, -0.15) is 0 Å². The minimum Gasteiger partial charge on any atom is -0.324 e. The zero-order chi connectivity index (χ0) is 23.5. The highest BCUT2D eigenvalue weighted by Crippen LogP contribution is 2.23. The van der Waals surface area contributed by atoms with Gasteiger partial charge >= 0.3 is 0 Å². The van der Waals surface area contributed by atoms with Crippen molar-refractivity contribution in [1.82, 2.24) is 0 Å². The number of rotatable bonds is 6. The Morgan fingerprint density at radius 2 is 1.50 bits per heavy atom. The number of aryl methyl sites for hydroxylation is 1. The minimum absolute atomic E-state index is 0.0809. The summed E-state index contributed by atoms with van der Waals surface area (Å²) in [7, 11) is -4.05. The van der Waals surface area contributed by atoms with Crippen LogP contribution in [0.1, 0.15) is 22.8 Å². The van der Waals surface area contributed by atoms with E-state index in [1.807, 2.05) is 0 Å². The first kappa shape index (κ1) is 22.9. The van der Waals surface area contributed by atoms with Crippen LogP contribution >= 0.6 is 0 Å². The average Bonchev–Trinajstić information content (AvgIpc) is 2.72. The number of amides is 2. The van der Waals surface area contributed by atoms with Crippen LogP contribution in [-0.2, 0) is 14.8 Å². The number of sulfonamides is 1. The molecule has 32 heavy (non-hydrogen) atoms. The van der Waals surface area contributed by atoms with Gasteiger partial charge in [-0.1, -0.05) is 6.07 Å². The lowest BCUT2D eigenvalue weighted by Crippen LogP contribution is -2.17. The van der Waals surface area contributed by atoms with Crippen LogP contribution in [-0.4, -0.2) is 20.2 Å².